The lowest BCUT2D eigenvalue weighted by molar-refractivity contribution is 0.0527. The minimum Gasteiger partial charge on any atom is -0.444 e. The van der Waals surface area contributed by atoms with Crippen molar-refractivity contribution >= 4 is 12.1 Å². The maximum atomic E-state index is 12.0. The predicted octanol–water partition coefficient (Wildman–Crippen LogP) is 2.34. The van der Waals surface area contributed by atoms with Gasteiger partial charge in [0.05, 0.1) is 0 Å². The fourth-order valence-electron chi connectivity index (χ4n) is 1.67. The van der Waals surface area contributed by atoms with Crippen molar-refractivity contribution in [3.8, 4) is 0 Å². The summed E-state index contributed by atoms with van der Waals surface area (Å²) in [6, 6.07) is -0.133. The second kappa shape index (κ2) is 7.36. The Hall–Kier alpha value is -1.46. The van der Waals surface area contributed by atoms with Crippen molar-refractivity contribution in [2.75, 3.05) is 19.6 Å². The molecule has 0 bridgehead atoms. The van der Waals surface area contributed by atoms with E-state index in [0.29, 0.717) is 19.6 Å². The summed E-state index contributed by atoms with van der Waals surface area (Å²) in [4.78, 5) is 25.1. The van der Waals surface area contributed by atoms with E-state index in [1.54, 1.807) is 25.7 Å². The first kappa shape index (κ1) is 18.5. The van der Waals surface area contributed by atoms with Gasteiger partial charge in [-0.25, -0.2) is 9.59 Å². The molecule has 0 aromatic heterocycles. The van der Waals surface area contributed by atoms with Gasteiger partial charge in [-0.2, -0.15) is 0 Å². The molecule has 0 heterocycles. The number of carbonyl (C=O) groups is 2. The van der Waals surface area contributed by atoms with Gasteiger partial charge in [-0.05, 0) is 48.5 Å². The molecule has 0 radical (unpaired) electrons. The highest BCUT2D eigenvalue weighted by Gasteiger charge is 2.24. The van der Waals surface area contributed by atoms with Crippen LogP contribution in [0.25, 0.3) is 0 Å². The minimum absolute atomic E-state index is 0.133. The Kier molecular flexibility index (Phi) is 6.82. The molecule has 0 saturated carbocycles. The van der Waals surface area contributed by atoms with Crippen molar-refractivity contribution in [3.63, 3.8) is 0 Å². The molecule has 0 aromatic rings. The van der Waals surface area contributed by atoms with Gasteiger partial charge in [-0.15, -0.1) is 0 Å². The first-order chi connectivity index (χ1) is 8.97. The van der Waals surface area contributed by atoms with E-state index >= 15 is 0 Å². The molecule has 0 fully saturated rings. The van der Waals surface area contributed by atoms with Crippen LogP contribution in [0.15, 0.2) is 0 Å². The van der Waals surface area contributed by atoms with Crippen LogP contribution in [0.4, 0.5) is 9.59 Å². The van der Waals surface area contributed by atoms with E-state index in [9.17, 15) is 9.59 Å². The Morgan fingerprint density at radius 1 is 1.00 bits per heavy atom. The van der Waals surface area contributed by atoms with Crippen LogP contribution in [0, 0.1) is 0 Å². The maximum Gasteiger partial charge on any atom is 0.407 e. The average Bonchev–Trinajstić information content (AvgIpc) is 2.20. The van der Waals surface area contributed by atoms with E-state index in [-0.39, 0.29) is 11.6 Å². The molecule has 0 aliphatic rings. The third-order valence-corrected chi connectivity index (χ3v) is 2.44. The molecule has 0 unspecified atom stereocenters. The molecule has 0 spiro atoms. The number of ether oxygens (including phenoxy) is 1. The van der Waals surface area contributed by atoms with Gasteiger partial charge in [-0.3, -0.25) is 0 Å². The fourth-order valence-corrected chi connectivity index (χ4v) is 1.67. The SMILES string of the molecule is CCN(C(=O)NCCNC(=O)OC(C)(C)C)C(C)(C)C. The van der Waals surface area contributed by atoms with Gasteiger partial charge in [0.15, 0.2) is 0 Å². The van der Waals surface area contributed by atoms with Crippen molar-refractivity contribution in [2.24, 2.45) is 0 Å². The molecule has 0 saturated heterocycles. The summed E-state index contributed by atoms with van der Waals surface area (Å²) in [5.41, 5.74) is -0.740. The molecule has 0 aliphatic heterocycles. The molecule has 2 N–H and O–H groups in total. The number of carbonyl (C=O) groups excluding carboxylic acids is 2. The molecule has 6 nitrogen and oxygen atoms in total. The normalized spacial score (nSPS) is 11.8. The molecule has 0 rings (SSSR count). The lowest BCUT2D eigenvalue weighted by Gasteiger charge is -2.34. The van der Waals surface area contributed by atoms with Crippen molar-refractivity contribution in [3.05, 3.63) is 0 Å². The van der Waals surface area contributed by atoms with Gasteiger partial charge < -0.3 is 20.3 Å². The fraction of sp³-hybridized carbons (Fsp3) is 0.857. The van der Waals surface area contributed by atoms with E-state index < -0.39 is 11.7 Å². The smallest absolute Gasteiger partial charge is 0.407 e. The Bertz CT molecular complexity index is 330. The Morgan fingerprint density at radius 3 is 1.90 bits per heavy atom. The van der Waals surface area contributed by atoms with E-state index in [2.05, 4.69) is 10.6 Å². The third-order valence-electron chi connectivity index (χ3n) is 2.44. The number of hydrogen-bond acceptors (Lipinski definition) is 3. The predicted molar refractivity (Wildman–Crippen MR) is 79.8 cm³/mol. The third kappa shape index (κ3) is 7.86. The zero-order valence-corrected chi connectivity index (χ0v) is 13.8. The molecule has 0 aliphatic carbocycles. The van der Waals surface area contributed by atoms with E-state index in [4.69, 9.17) is 4.74 Å². The van der Waals surface area contributed by atoms with Crippen molar-refractivity contribution in [1.82, 2.24) is 15.5 Å². The van der Waals surface area contributed by atoms with Gasteiger partial charge in [0.2, 0.25) is 0 Å². The van der Waals surface area contributed by atoms with Gasteiger partial charge in [0, 0.05) is 25.2 Å². The van der Waals surface area contributed by atoms with Crippen LogP contribution in [-0.4, -0.2) is 47.8 Å². The van der Waals surface area contributed by atoms with E-state index in [1.165, 1.54) is 0 Å². The molecule has 0 aromatic carbocycles. The van der Waals surface area contributed by atoms with Crippen molar-refractivity contribution in [2.45, 2.75) is 59.6 Å². The van der Waals surface area contributed by atoms with Crippen LogP contribution < -0.4 is 10.6 Å². The largest absolute Gasteiger partial charge is 0.444 e. The minimum atomic E-state index is -0.515. The number of rotatable bonds is 4. The molecular weight excluding hydrogens is 258 g/mol. The molecule has 118 valence electrons. The monoisotopic (exact) mass is 287 g/mol. The van der Waals surface area contributed by atoms with Crippen LogP contribution in [0.5, 0.6) is 0 Å². The summed E-state index contributed by atoms with van der Waals surface area (Å²) >= 11 is 0. The summed E-state index contributed by atoms with van der Waals surface area (Å²) in [7, 11) is 0. The quantitative estimate of drug-likeness (QED) is 0.780. The zero-order chi connectivity index (χ0) is 16.0. The first-order valence-electron chi connectivity index (χ1n) is 6.99. The first-order valence-corrected chi connectivity index (χ1v) is 6.99. The highest BCUT2D eigenvalue weighted by Crippen LogP contribution is 2.12. The Labute approximate surface area is 122 Å². The van der Waals surface area contributed by atoms with Gasteiger partial charge in [0.25, 0.3) is 0 Å². The van der Waals surface area contributed by atoms with E-state index in [1.807, 2.05) is 27.7 Å². The number of hydrogen-bond donors (Lipinski definition) is 2. The van der Waals surface area contributed by atoms with Crippen LogP contribution in [0.1, 0.15) is 48.5 Å². The van der Waals surface area contributed by atoms with Crippen LogP contribution in [0.2, 0.25) is 0 Å². The molecule has 0 atom stereocenters. The number of urea groups is 1. The summed E-state index contributed by atoms with van der Waals surface area (Å²) in [6.07, 6.45) is -0.477. The summed E-state index contributed by atoms with van der Waals surface area (Å²) < 4.78 is 5.09. The Morgan fingerprint density at radius 2 is 1.50 bits per heavy atom. The maximum absolute atomic E-state index is 12.0. The van der Waals surface area contributed by atoms with Crippen molar-refractivity contribution in [1.29, 1.82) is 0 Å². The highest BCUT2D eigenvalue weighted by atomic mass is 16.6. The van der Waals surface area contributed by atoms with Gasteiger partial charge in [0.1, 0.15) is 5.60 Å². The van der Waals surface area contributed by atoms with E-state index in [0.717, 1.165) is 0 Å². The topological polar surface area (TPSA) is 70.7 Å². The van der Waals surface area contributed by atoms with Crippen LogP contribution >= 0.6 is 0 Å². The van der Waals surface area contributed by atoms with Crippen LogP contribution in [-0.2, 0) is 4.74 Å². The highest BCUT2D eigenvalue weighted by molar-refractivity contribution is 5.75. The second-order valence-electron chi connectivity index (χ2n) is 6.58. The average molecular weight is 287 g/mol. The number of nitrogens with zero attached hydrogens (tertiary/aromatic N) is 1. The number of alkyl carbamates (subject to hydrolysis) is 1. The van der Waals surface area contributed by atoms with Gasteiger partial charge in [-0.1, -0.05) is 0 Å². The summed E-state index contributed by atoms with van der Waals surface area (Å²) in [6.45, 7) is 14.6. The van der Waals surface area contributed by atoms with Crippen molar-refractivity contribution < 1.29 is 14.3 Å². The Balaban J connectivity index is 4.02. The molecular formula is C14H29N3O3. The lowest BCUT2D eigenvalue weighted by Crippen LogP contribution is -2.51. The van der Waals surface area contributed by atoms with Gasteiger partial charge >= 0.3 is 12.1 Å². The van der Waals surface area contributed by atoms with Crippen LogP contribution in [0.3, 0.4) is 0 Å². The summed E-state index contributed by atoms with van der Waals surface area (Å²) in [5.74, 6) is 0. The molecule has 20 heavy (non-hydrogen) atoms. The zero-order valence-electron chi connectivity index (χ0n) is 13.8. The molecule has 6 heteroatoms. The number of nitrogens with one attached hydrogen (secondary N) is 2. The summed E-state index contributed by atoms with van der Waals surface area (Å²) in [5, 5.41) is 5.37. The lowest BCUT2D eigenvalue weighted by atomic mass is 10.1. The standard InChI is InChI=1S/C14H29N3O3/c1-8-17(13(2,3)4)11(18)15-9-10-16-12(19)20-14(5,6)7/h8-10H2,1-7H3,(H,15,18)(H,16,19). The molecule has 3 amide bonds. The second-order valence-corrected chi connectivity index (χ2v) is 6.58. The number of amides is 3.